The van der Waals surface area contributed by atoms with E-state index in [9.17, 15) is 0 Å². The van der Waals surface area contributed by atoms with Gasteiger partial charge in [-0.15, -0.1) is 0 Å². The van der Waals surface area contributed by atoms with E-state index in [2.05, 4.69) is 52.0 Å². The van der Waals surface area contributed by atoms with Crippen molar-refractivity contribution in [2.24, 2.45) is 5.41 Å². The zero-order valence-corrected chi connectivity index (χ0v) is 13.2. The molecule has 0 saturated heterocycles. The summed E-state index contributed by atoms with van der Waals surface area (Å²) in [4.78, 5) is 0. The monoisotopic (exact) mass is 258 g/mol. The summed E-state index contributed by atoms with van der Waals surface area (Å²) in [6.45, 7) is 9.29. The van der Waals surface area contributed by atoms with Crippen molar-refractivity contribution < 1.29 is 0 Å². The van der Waals surface area contributed by atoms with Crippen LogP contribution in [0.4, 0.5) is 0 Å². The van der Waals surface area contributed by atoms with Gasteiger partial charge < -0.3 is 0 Å². The second-order valence-corrected chi connectivity index (χ2v) is 6.80. The van der Waals surface area contributed by atoms with E-state index in [4.69, 9.17) is 0 Å². The minimum absolute atomic E-state index is 0.647. The van der Waals surface area contributed by atoms with Gasteiger partial charge in [-0.2, -0.15) is 0 Å². The number of rotatable bonds is 4. The number of hydrogen-bond acceptors (Lipinski definition) is 0. The summed E-state index contributed by atoms with van der Waals surface area (Å²) in [5, 5.41) is 0. The molecule has 1 saturated carbocycles. The standard InChI is InChI=1S/C19H30/c1-5-19(6-2)13-11-18(12-14-19)17-9-7-16(8-10-17)15(3)4/h7-10,15,18H,5-6,11-14H2,1-4H3. The molecule has 0 spiro atoms. The number of benzene rings is 1. The normalized spacial score (nSPS) is 19.8. The summed E-state index contributed by atoms with van der Waals surface area (Å²) in [5.74, 6) is 1.46. The molecule has 1 aromatic rings. The summed E-state index contributed by atoms with van der Waals surface area (Å²) in [7, 11) is 0. The van der Waals surface area contributed by atoms with Crippen LogP contribution < -0.4 is 0 Å². The first-order valence-electron chi connectivity index (χ1n) is 8.20. The highest BCUT2D eigenvalue weighted by atomic mass is 14.4. The Morgan fingerprint density at radius 1 is 1.00 bits per heavy atom. The lowest BCUT2D eigenvalue weighted by atomic mass is 9.66. The Morgan fingerprint density at radius 3 is 1.95 bits per heavy atom. The minimum Gasteiger partial charge on any atom is -0.0649 e. The molecule has 0 radical (unpaired) electrons. The molecule has 1 fully saturated rings. The quantitative estimate of drug-likeness (QED) is 0.596. The fraction of sp³-hybridized carbons (Fsp3) is 0.684. The zero-order chi connectivity index (χ0) is 13.9. The second-order valence-electron chi connectivity index (χ2n) is 6.80. The molecule has 0 unspecified atom stereocenters. The lowest BCUT2D eigenvalue weighted by molar-refractivity contribution is 0.159. The molecule has 0 nitrogen and oxygen atoms in total. The largest absolute Gasteiger partial charge is 0.0649 e. The molecule has 0 aliphatic heterocycles. The Hall–Kier alpha value is -0.780. The predicted molar refractivity (Wildman–Crippen MR) is 84.8 cm³/mol. The molecule has 0 heterocycles. The van der Waals surface area contributed by atoms with Crippen LogP contribution in [0, 0.1) is 5.41 Å². The van der Waals surface area contributed by atoms with E-state index < -0.39 is 0 Å². The van der Waals surface area contributed by atoms with E-state index in [-0.39, 0.29) is 0 Å². The molecule has 0 atom stereocenters. The molecule has 2 rings (SSSR count). The van der Waals surface area contributed by atoms with E-state index >= 15 is 0 Å². The number of hydrogen-bond donors (Lipinski definition) is 0. The summed E-state index contributed by atoms with van der Waals surface area (Å²) < 4.78 is 0. The van der Waals surface area contributed by atoms with Crippen LogP contribution in [0.15, 0.2) is 24.3 Å². The Morgan fingerprint density at radius 2 is 1.53 bits per heavy atom. The van der Waals surface area contributed by atoms with Crippen LogP contribution in [-0.4, -0.2) is 0 Å². The van der Waals surface area contributed by atoms with Gasteiger partial charge in [0.05, 0.1) is 0 Å². The van der Waals surface area contributed by atoms with Crippen LogP contribution in [0.2, 0.25) is 0 Å². The third-order valence-corrected chi connectivity index (χ3v) is 5.62. The molecule has 106 valence electrons. The first-order valence-corrected chi connectivity index (χ1v) is 8.20. The lowest BCUT2D eigenvalue weighted by Crippen LogP contribution is -2.25. The van der Waals surface area contributed by atoms with Gasteiger partial charge in [0.2, 0.25) is 0 Å². The topological polar surface area (TPSA) is 0 Å². The highest BCUT2D eigenvalue weighted by molar-refractivity contribution is 5.27. The summed E-state index contributed by atoms with van der Waals surface area (Å²) >= 11 is 0. The van der Waals surface area contributed by atoms with Crippen molar-refractivity contribution in [2.45, 2.75) is 78.1 Å². The molecule has 0 aromatic heterocycles. The lowest BCUT2D eigenvalue weighted by Gasteiger charge is -2.39. The smallest absolute Gasteiger partial charge is 0.0162 e. The van der Waals surface area contributed by atoms with Crippen molar-refractivity contribution in [3.8, 4) is 0 Å². The van der Waals surface area contributed by atoms with Crippen LogP contribution >= 0.6 is 0 Å². The summed E-state index contributed by atoms with van der Waals surface area (Å²) in [6, 6.07) is 9.43. The second kappa shape index (κ2) is 6.11. The fourth-order valence-corrected chi connectivity index (χ4v) is 3.67. The Bertz CT molecular complexity index is 371. The van der Waals surface area contributed by atoms with Gasteiger partial charge in [0.1, 0.15) is 0 Å². The zero-order valence-electron chi connectivity index (χ0n) is 13.2. The van der Waals surface area contributed by atoms with E-state index in [0.717, 1.165) is 5.92 Å². The maximum atomic E-state index is 2.38. The Kier molecular flexibility index (Phi) is 4.71. The molecule has 0 heteroatoms. The summed E-state index contributed by atoms with van der Waals surface area (Å²) in [6.07, 6.45) is 8.36. The van der Waals surface area contributed by atoms with Gasteiger partial charge in [0, 0.05) is 0 Å². The van der Waals surface area contributed by atoms with Crippen molar-refractivity contribution in [3.05, 3.63) is 35.4 Å². The van der Waals surface area contributed by atoms with Crippen molar-refractivity contribution in [2.75, 3.05) is 0 Å². The van der Waals surface area contributed by atoms with Crippen molar-refractivity contribution >= 4 is 0 Å². The third-order valence-electron chi connectivity index (χ3n) is 5.62. The molecule has 0 N–H and O–H groups in total. The molecule has 19 heavy (non-hydrogen) atoms. The molecule has 1 aliphatic carbocycles. The molecular formula is C19H30. The van der Waals surface area contributed by atoms with E-state index in [1.165, 1.54) is 44.1 Å². The minimum atomic E-state index is 0.647. The van der Waals surface area contributed by atoms with Crippen LogP contribution in [-0.2, 0) is 0 Å². The predicted octanol–water partition coefficient (Wildman–Crippen LogP) is 6.27. The maximum absolute atomic E-state index is 2.38. The highest BCUT2D eigenvalue weighted by Crippen LogP contribution is 2.46. The van der Waals surface area contributed by atoms with Gasteiger partial charge in [-0.05, 0) is 54.1 Å². The highest BCUT2D eigenvalue weighted by Gasteiger charge is 2.32. The SMILES string of the molecule is CCC1(CC)CCC(c2ccc(C(C)C)cc2)CC1. The molecule has 1 aliphatic rings. The van der Waals surface area contributed by atoms with Crippen molar-refractivity contribution in [1.29, 1.82) is 0 Å². The average Bonchev–Trinajstić information content (AvgIpc) is 2.47. The molecule has 0 amide bonds. The van der Waals surface area contributed by atoms with E-state index in [1.807, 2.05) is 0 Å². The van der Waals surface area contributed by atoms with Crippen LogP contribution in [0.3, 0.4) is 0 Å². The van der Waals surface area contributed by atoms with Gasteiger partial charge in [0.25, 0.3) is 0 Å². The maximum Gasteiger partial charge on any atom is -0.0162 e. The van der Waals surface area contributed by atoms with Crippen molar-refractivity contribution in [1.82, 2.24) is 0 Å². The molecule has 1 aromatic carbocycles. The van der Waals surface area contributed by atoms with Crippen LogP contribution in [0.5, 0.6) is 0 Å². The van der Waals surface area contributed by atoms with Gasteiger partial charge >= 0.3 is 0 Å². The Labute approximate surface area is 119 Å². The molecule has 0 bridgehead atoms. The van der Waals surface area contributed by atoms with Gasteiger partial charge in [-0.25, -0.2) is 0 Å². The molecular weight excluding hydrogens is 228 g/mol. The van der Waals surface area contributed by atoms with E-state index in [1.54, 1.807) is 5.56 Å². The van der Waals surface area contributed by atoms with Crippen molar-refractivity contribution in [3.63, 3.8) is 0 Å². The van der Waals surface area contributed by atoms with Gasteiger partial charge in [-0.1, -0.05) is 64.8 Å². The average molecular weight is 258 g/mol. The first-order chi connectivity index (χ1) is 9.10. The first kappa shape index (κ1) is 14.6. The van der Waals surface area contributed by atoms with Crippen LogP contribution in [0.25, 0.3) is 0 Å². The van der Waals surface area contributed by atoms with E-state index in [0.29, 0.717) is 11.3 Å². The fourth-order valence-electron chi connectivity index (χ4n) is 3.67. The Balaban J connectivity index is 2.01. The van der Waals surface area contributed by atoms with Gasteiger partial charge in [-0.3, -0.25) is 0 Å². The third kappa shape index (κ3) is 3.22. The van der Waals surface area contributed by atoms with Gasteiger partial charge in [0.15, 0.2) is 0 Å². The van der Waals surface area contributed by atoms with Crippen LogP contribution in [0.1, 0.15) is 89.2 Å². The summed E-state index contributed by atoms with van der Waals surface area (Å²) in [5.41, 5.74) is 3.70.